The summed E-state index contributed by atoms with van der Waals surface area (Å²) in [5.74, 6) is -0.349. The largest absolute Gasteiger partial charge is 0.354 e. The summed E-state index contributed by atoms with van der Waals surface area (Å²) in [6.07, 6.45) is 4.15. The van der Waals surface area contributed by atoms with E-state index in [1.54, 1.807) is 12.3 Å². The zero-order valence-corrected chi connectivity index (χ0v) is 13.7. The molecule has 3 N–H and O–H groups in total. The number of aromatic amines is 1. The Morgan fingerprint density at radius 1 is 1.29 bits per heavy atom. The normalized spacial score (nSPS) is 11.4. The van der Waals surface area contributed by atoms with Crippen LogP contribution in [0.2, 0.25) is 0 Å². The Morgan fingerprint density at radius 2 is 2.08 bits per heavy atom. The maximum absolute atomic E-state index is 12.1. The fourth-order valence-electron chi connectivity index (χ4n) is 2.18. The van der Waals surface area contributed by atoms with Crippen LogP contribution in [0.5, 0.6) is 0 Å². The number of nitrogens with one attached hydrogen (secondary N) is 3. The summed E-state index contributed by atoms with van der Waals surface area (Å²) in [7, 11) is -2.07. The molecule has 0 saturated heterocycles. The first-order valence-electron chi connectivity index (χ1n) is 6.89. The minimum absolute atomic E-state index is 0.0225. The molecule has 0 unspecified atom stereocenters. The lowest BCUT2D eigenvalue weighted by molar-refractivity contribution is 0.0958. The summed E-state index contributed by atoms with van der Waals surface area (Å²) in [6.45, 7) is 0. The lowest BCUT2D eigenvalue weighted by Crippen LogP contribution is -2.21. The monoisotopic (exact) mass is 346 g/mol. The minimum Gasteiger partial charge on any atom is -0.354 e. The molecular formula is C14H14N6O3S. The van der Waals surface area contributed by atoms with Gasteiger partial charge in [0.15, 0.2) is 21.3 Å². The quantitative estimate of drug-likeness (QED) is 0.639. The van der Waals surface area contributed by atoms with Crippen LogP contribution in [0.4, 0.5) is 11.5 Å². The number of anilines is 2. The lowest BCUT2D eigenvalue weighted by atomic mass is 10.3. The number of carbonyl (C=O) groups is 1. The van der Waals surface area contributed by atoms with E-state index >= 15 is 0 Å². The van der Waals surface area contributed by atoms with Crippen molar-refractivity contribution in [1.82, 2.24) is 25.5 Å². The van der Waals surface area contributed by atoms with Gasteiger partial charge in [0.2, 0.25) is 0 Å². The van der Waals surface area contributed by atoms with E-state index in [9.17, 15) is 13.2 Å². The molecule has 3 heterocycles. The van der Waals surface area contributed by atoms with Crippen LogP contribution in [0.25, 0.3) is 11.0 Å². The van der Waals surface area contributed by atoms with Crippen molar-refractivity contribution in [2.45, 2.75) is 4.90 Å². The minimum atomic E-state index is -3.54. The average molecular weight is 346 g/mol. The smallest absolute Gasteiger partial charge is 0.273 e. The molecule has 0 bridgehead atoms. The predicted octanol–water partition coefficient (Wildman–Crippen LogP) is 0.860. The van der Waals surface area contributed by atoms with E-state index < -0.39 is 15.7 Å². The van der Waals surface area contributed by atoms with Crippen LogP contribution in [-0.4, -0.2) is 47.8 Å². The second-order valence-corrected chi connectivity index (χ2v) is 7.00. The summed E-state index contributed by atoms with van der Waals surface area (Å²) in [5, 5.41) is 13.4. The molecule has 24 heavy (non-hydrogen) atoms. The molecule has 1 amide bonds. The van der Waals surface area contributed by atoms with Crippen LogP contribution >= 0.6 is 0 Å². The topological polar surface area (TPSA) is 130 Å². The van der Waals surface area contributed by atoms with Crippen molar-refractivity contribution >= 4 is 38.3 Å². The molecular weight excluding hydrogens is 332 g/mol. The number of hydrogen-bond donors (Lipinski definition) is 3. The van der Waals surface area contributed by atoms with Crippen LogP contribution in [0.1, 0.15) is 10.5 Å². The van der Waals surface area contributed by atoms with Crippen molar-refractivity contribution < 1.29 is 13.2 Å². The van der Waals surface area contributed by atoms with E-state index in [1.165, 1.54) is 25.4 Å². The Morgan fingerprint density at radius 3 is 2.79 bits per heavy atom. The van der Waals surface area contributed by atoms with Gasteiger partial charge in [0.25, 0.3) is 5.91 Å². The van der Waals surface area contributed by atoms with Gasteiger partial charge < -0.3 is 15.6 Å². The number of rotatable bonds is 4. The zero-order valence-electron chi connectivity index (χ0n) is 12.9. The van der Waals surface area contributed by atoms with Gasteiger partial charge in [-0.1, -0.05) is 0 Å². The molecule has 3 aromatic rings. The standard InChI is InChI=1S/C14H14N6O3S/c1-15-14(21)11-9(4-6-17-20-11)18-13-10(24(2,22)23)7-8-3-5-16-12(8)19-13/h3-7H,1-2H3,(H,15,21)(H2,16,17,18,19). The Labute approximate surface area is 137 Å². The molecule has 0 radical (unpaired) electrons. The number of fused-ring (bicyclic) bond motifs is 1. The van der Waals surface area contributed by atoms with Gasteiger partial charge in [-0.15, -0.1) is 5.10 Å². The molecule has 3 aromatic heterocycles. The van der Waals surface area contributed by atoms with Crippen LogP contribution in [0, 0.1) is 0 Å². The summed E-state index contributed by atoms with van der Waals surface area (Å²) in [4.78, 5) is 19.1. The number of aromatic nitrogens is 4. The van der Waals surface area contributed by atoms with Crippen molar-refractivity contribution in [3.8, 4) is 0 Å². The molecule has 0 spiro atoms. The van der Waals surface area contributed by atoms with E-state index in [2.05, 4.69) is 30.8 Å². The number of sulfone groups is 1. The Bertz CT molecular complexity index is 1030. The summed E-state index contributed by atoms with van der Waals surface area (Å²) >= 11 is 0. The van der Waals surface area contributed by atoms with Crippen LogP contribution in [-0.2, 0) is 9.84 Å². The van der Waals surface area contributed by atoms with Gasteiger partial charge in [-0.25, -0.2) is 13.4 Å². The van der Waals surface area contributed by atoms with Gasteiger partial charge in [-0.2, -0.15) is 5.10 Å². The fraction of sp³-hybridized carbons (Fsp3) is 0.143. The maximum atomic E-state index is 12.1. The summed E-state index contributed by atoms with van der Waals surface area (Å²) in [6, 6.07) is 4.76. The third kappa shape index (κ3) is 2.91. The number of pyridine rings is 1. The van der Waals surface area contributed by atoms with Gasteiger partial charge in [-0.05, 0) is 18.2 Å². The van der Waals surface area contributed by atoms with Crippen molar-refractivity contribution in [2.24, 2.45) is 0 Å². The summed E-state index contributed by atoms with van der Waals surface area (Å²) < 4.78 is 24.2. The molecule has 0 fully saturated rings. The van der Waals surface area contributed by atoms with E-state index in [0.29, 0.717) is 16.7 Å². The SMILES string of the molecule is CNC(=O)c1nnccc1Nc1nc2[nH]ccc2cc1S(C)(=O)=O. The highest BCUT2D eigenvalue weighted by atomic mass is 32.2. The highest BCUT2D eigenvalue weighted by molar-refractivity contribution is 7.90. The number of carbonyl (C=O) groups excluding carboxylic acids is 1. The summed E-state index contributed by atoms with van der Waals surface area (Å²) in [5.41, 5.74) is 0.855. The molecule has 124 valence electrons. The van der Waals surface area contributed by atoms with E-state index in [4.69, 9.17) is 0 Å². The first-order chi connectivity index (χ1) is 11.4. The van der Waals surface area contributed by atoms with Gasteiger partial charge >= 0.3 is 0 Å². The molecule has 0 aliphatic heterocycles. The zero-order chi connectivity index (χ0) is 17.3. The maximum Gasteiger partial charge on any atom is 0.273 e. The predicted molar refractivity (Wildman–Crippen MR) is 87.9 cm³/mol. The van der Waals surface area contributed by atoms with Crippen LogP contribution < -0.4 is 10.6 Å². The first kappa shape index (κ1) is 15.9. The van der Waals surface area contributed by atoms with Crippen molar-refractivity contribution in [2.75, 3.05) is 18.6 Å². The number of hydrogen-bond acceptors (Lipinski definition) is 7. The Kier molecular flexibility index (Phi) is 3.89. The molecule has 9 nitrogen and oxygen atoms in total. The molecule has 0 aliphatic carbocycles. The van der Waals surface area contributed by atoms with Gasteiger partial charge in [0, 0.05) is 24.9 Å². The van der Waals surface area contributed by atoms with Gasteiger partial charge in [0.1, 0.15) is 10.5 Å². The van der Waals surface area contributed by atoms with E-state index in [0.717, 1.165) is 6.26 Å². The second-order valence-electron chi connectivity index (χ2n) is 5.02. The average Bonchev–Trinajstić information content (AvgIpc) is 3.00. The molecule has 0 aliphatic rings. The van der Waals surface area contributed by atoms with Crippen LogP contribution in [0.15, 0.2) is 35.5 Å². The highest BCUT2D eigenvalue weighted by Crippen LogP contribution is 2.27. The van der Waals surface area contributed by atoms with Crippen molar-refractivity contribution in [1.29, 1.82) is 0 Å². The molecule has 0 saturated carbocycles. The third-order valence-electron chi connectivity index (χ3n) is 3.32. The lowest BCUT2D eigenvalue weighted by Gasteiger charge is -2.12. The molecule has 0 aromatic carbocycles. The highest BCUT2D eigenvalue weighted by Gasteiger charge is 2.19. The van der Waals surface area contributed by atoms with Gasteiger partial charge in [-0.3, -0.25) is 4.79 Å². The Balaban J connectivity index is 2.15. The Hall–Kier alpha value is -3.01. The van der Waals surface area contributed by atoms with Gasteiger partial charge in [0.05, 0.1) is 11.9 Å². The third-order valence-corrected chi connectivity index (χ3v) is 4.43. The second kappa shape index (κ2) is 5.89. The first-order valence-corrected chi connectivity index (χ1v) is 8.78. The van der Waals surface area contributed by atoms with Crippen molar-refractivity contribution in [3.63, 3.8) is 0 Å². The number of nitrogens with zero attached hydrogens (tertiary/aromatic N) is 3. The van der Waals surface area contributed by atoms with E-state index in [-0.39, 0.29) is 16.4 Å². The number of amides is 1. The van der Waals surface area contributed by atoms with E-state index in [1.807, 2.05) is 0 Å². The van der Waals surface area contributed by atoms with Crippen LogP contribution in [0.3, 0.4) is 0 Å². The molecule has 3 rings (SSSR count). The molecule has 10 heteroatoms. The van der Waals surface area contributed by atoms with Crippen molar-refractivity contribution in [3.05, 3.63) is 36.3 Å². The fourth-order valence-corrected chi connectivity index (χ4v) is 2.97. The number of H-pyrrole nitrogens is 1. The molecule has 0 atom stereocenters.